The molecule has 120 valence electrons. The molecule has 1 fully saturated rings. The van der Waals surface area contributed by atoms with Crippen molar-refractivity contribution in [2.75, 3.05) is 38.6 Å². The second-order valence-corrected chi connectivity index (χ2v) is 7.97. The lowest BCUT2D eigenvalue weighted by atomic mass is 9.96. The molecule has 0 radical (unpaired) electrons. The summed E-state index contributed by atoms with van der Waals surface area (Å²) >= 11 is 3.11. The van der Waals surface area contributed by atoms with E-state index in [4.69, 9.17) is 0 Å². The van der Waals surface area contributed by atoms with Crippen molar-refractivity contribution in [3.63, 3.8) is 0 Å². The fourth-order valence-electron chi connectivity index (χ4n) is 2.67. The molecule has 1 atom stereocenters. The molecule has 1 unspecified atom stereocenters. The molecule has 22 heavy (non-hydrogen) atoms. The van der Waals surface area contributed by atoms with E-state index in [0.29, 0.717) is 5.92 Å². The third-order valence-corrected chi connectivity index (χ3v) is 6.25. The Morgan fingerprint density at radius 2 is 2.36 bits per heavy atom. The molecule has 1 saturated heterocycles. The fraction of sp³-hybridized carbons (Fsp3) is 0.600. The normalized spacial score (nSPS) is 18.5. The first-order chi connectivity index (χ1) is 10.6. The van der Waals surface area contributed by atoms with Gasteiger partial charge in [-0.15, -0.1) is 11.3 Å². The number of nitrogens with one attached hydrogen (secondary N) is 2. The maximum absolute atomic E-state index is 12.2. The highest BCUT2D eigenvalue weighted by molar-refractivity contribution is 7.29. The predicted molar refractivity (Wildman–Crippen MR) is 94.4 cm³/mol. The summed E-state index contributed by atoms with van der Waals surface area (Å²) in [6.07, 6.45) is 3.58. The second kappa shape index (κ2) is 6.93. The monoisotopic (exact) mass is 338 g/mol. The molecule has 0 saturated carbocycles. The summed E-state index contributed by atoms with van der Waals surface area (Å²) in [5.74, 6) is 0.732. The number of rotatable bonds is 5. The summed E-state index contributed by atoms with van der Waals surface area (Å²) in [7, 11) is 3.96. The molecular weight excluding hydrogens is 316 g/mol. The van der Waals surface area contributed by atoms with E-state index in [0.717, 1.165) is 45.6 Å². The van der Waals surface area contributed by atoms with Gasteiger partial charge in [0, 0.05) is 20.6 Å². The SMILES string of the molecule is CN(C)c1nc2sc(C(=O)NCCC3CCCNC3)cc2s1. The van der Waals surface area contributed by atoms with Gasteiger partial charge in [0.15, 0.2) is 5.13 Å². The Bertz CT molecular complexity index is 612. The molecule has 0 aromatic carbocycles. The molecule has 0 bridgehead atoms. The van der Waals surface area contributed by atoms with Crippen LogP contribution < -0.4 is 15.5 Å². The fourth-order valence-corrected chi connectivity index (χ4v) is 4.72. The zero-order valence-electron chi connectivity index (χ0n) is 13.0. The number of thiazole rings is 1. The van der Waals surface area contributed by atoms with Crippen LogP contribution in [0.5, 0.6) is 0 Å². The topological polar surface area (TPSA) is 57.3 Å². The van der Waals surface area contributed by atoms with E-state index in [2.05, 4.69) is 15.6 Å². The summed E-state index contributed by atoms with van der Waals surface area (Å²) in [5, 5.41) is 7.44. The van der Waals surface area contributed by atoms with E-state index in [9.17, 15) is 4.79 Å². The Balaban J connectivity index is 1.54. The highest BCUT2D eigenvalue weighted by atomic mass is 32.1. The van der Waals surface area contributed by atoms with Crippen LogP contribution in [0.1, 0.15) is 28.9 Å². The highest BCUT2D eigenvalue weighted by Crippen LogP contribution is 2.33. The van der Waals surface area contributed by atoms with Crippen molar-refractivity contribution in [1.29, 1.82) is 0 Å². The molecule has 1 aliphatic rings. The van der Waals surface area contributed by atoms with Crippen LogP contribution in [-0.4, -0.2) is 44.6 Å². The van der Waals surface area contributed by atoms with Crippen LogP contribution in [0.4, 0.5) is 5.13 Å². The van der Waals surface area contributed by atoms with E-state index in [-0.39, 0.29) is 5.91 Å². The number of thiophene rings is 1. The molecule has 7 heteroatoms. The van der Waals surface area contributed by atoms with Crippen LogP contribution >= 0.6 is 22.7 Å². The average Bonchev–Trinajstić information content (AvgIpc) is 3.06. The molecule has 1 amide bonds. The first-order valence-electron chi connectivity index (χ1n) is 7.70. The van der Waals surface area contributed by atoms with Crippen LogP contribution in [0.2, 0.25) is 0 Å². The molecule has 3 rings (SSSR count). The van der Waals surface area contributed by atoms with Crippen LogP contribution in [0.3, 0.4) is 0 Å². The van der Waals surface area contributed by atoms with E-state index >= 15 is 0 Å². The van der Waals surface area contributed by atoms with Gasteiger partial charge >= 0.3 is 0 Å². The average molecular weight is 339 g/mol. The molecule has 2 aromatic heterocycles. The quantitative estimate of drug-likeness (QED) is 0.880. The summed E-state index contributed by atoms with van der Waals surface area (Å²) in [6.45, 7) is 2.98. The number of anilines is 1. The van der Waals surface area contributed by atoms with Crippen LogP contribution in [0, 0.1) is 5.92 Å². The maximum atomic E-state index is 12.2. The number of hydrogen-bond acceptors (Lipinski definition) is 6. The second-order valence-electron chi connectivity index (χ2n) is 5.93. The maximum Gasteiger partial charge on any atom is 0.261 e. The number of piperidine rings is 1. The van der Waals surface area contributed by atoms with E-state index < -0.39 is 0 Å². The molecule has 0 spiro atoms. The van der Waals surface area contributed by atoms with Gasteiger partial charge < -0.3 is 15.5 Å². The summed E-state index contributed by atoms with van der Waals surface area (Å²) in [5.41, 5.74) is 0. The van der Waals surface area contributed by atoms with Crippen molar-refractivity contribution in [1.82, 2.24) is 15.6 Å². The summed E-state index contributed by atoms with van der Waals surface area (Å²) in [6, 6.07) is 1.96. The van der Waals surface area contributed by atoms with Crippen molar-refractivity contribution in [3.05, 3.63) is 10.9 Å². The first-order valence-corrected chi connectivity index (χ1v) is 9.33. The number of hydrogen-bond donors (Lipinski definition) is 2. The zero-order chi connectivity index (χ0) is 15.5. The third-order valence-electron chi connectivity index (χ3n) is 3.92. The Labute approximate surface area is 138 Å². The van der Waals surface area contributed by atoms with E-state index in [1.807, 2.05) is 25.1 Å². The number of aromatic nitrogens is 1. The first kappa shape index (κ1) is 15.7. The minimum Gasteiger partial charge on any atom is -0.354 e. The molecular formula is C15H22N4OS2. The van der Waals surface area contributed by atoms with Crippen molar-refractivity contribution in [2.45, 2.75) is 19.3 Å². The number of carbonyl (C=O) groups excluding carboxylic acids is 1. The molecule has 0 aliphatic carbocycles. The third kappa shape index (κ3) is 3.59. The van der Waals surface area contributed by atoms with Gasteiger partial charge in [0.25, 0.3) is 5.91 Å². The molecule has 1 aliphatic heterocycles. The van der Waals surface area contributed by atoms with Crippen molar-refractivity contribution < 1.29 is 4.79 Å². The van der Waals surface area contributed by atoms with Crippen LogP contribution in [0.15, 0.2) is 6.07 Å². The summed E-state index contributed by atoms with van der Waals surface area (Å²) < 4.78 is 1.09. The van der Waals surface area contributed by atoms with E-state index in [1.54, 1.807) is 11.3 Å². The molecule has 2 aromatic rings. The van der Waals surface area contributed by atoms with Gasteiger partial charge in [0.05, 0.1) is 9.58 Å². The lowest BCUT2D eigenvalue weighted by Crippen LogP contribution is -2.33. The van der Waals surface area contributed by atoms with Gasteiger partial charge in [0.1, 0.15) is 4.83 Å². The minimum absolute atomic E-state index is 0.0328. The molecule has 2 N–H and O–H groups in total. The van der Waals surface area contributed by atoms with Crippen molar-refractivity contribution >= 4 is 43.2 Å². The predicted octanol–water partition coefficient (Wildman–Crippen LogP) is 2.54. The van der Waals surface area contributed by atoms with E-state index in [1.165, 1.54) is 24.2 Å². The summed E-state index contributed by atoms with van der Waals surface area (Å²) in [4.78, 5) is 20.5. The van der Waals surface area contributed by atoms with Gasteiger partial charge in [-0.2, -0.15) is 0 Å². The Morgan fingerprint density at radius 3 is 3.05 bits per heavy atom. The van der Waals surface area contributed by atoms with Gasteiger partial charge in [-0.05, 0) is 44.3 Å². The van der Waals surface area contributed by atoms with Gasteiger partial charge in [-0.1, -0.05) is 11.3 Å². The number of carbonyl (C=O) groups is 1. The van der Waals surface area contributed by atoms with Crippen LogP contribution in [-0.2, 0) is 0 Å². The zero-order valence-corrected chi connectivity index (χ0v) is 14.6. The smallest absolute Gasteiger partial charge is 0.261 e. The van der Waals surface area contributed by atoms with Crippen molar-refractivity contribution in [3.8, 4) is 0 Å². The Kier molecular flexibility index (Phi) is 4.95. The standard InChI is InChI=1S/C15H22N4OS2/c1-19(2)15-18-14-12(22-15)8-11(21-14)13(20)17-7-5-10-4-3-6-16-9-10/h8,10,16H,3-7,9H2,1-2H3,(H,17,20). The van der Waals surface area contributed by atoms with Crippen molar-refractivity contribution in [2.24, 2.45) is 5.92 Å². The number of fused-ring (bicyclic) bond motifs is 1. The number of amides is 1. The minimum atomic E-state index is 0.0328. The molecule has 3 heterocycles. The van der Waals surface area contributed by atoms with Crippen LogP contribution in [0.25, 0.3) is 9.53 Å². The Morgan fingerprint density at radius 1 is 1.50 bits per heavy atom. The Hall–Kier alpha value is -1.18. The van der Waals surface area contributed by atoms with Gasteiger partial charge in [0.2, 0.25) is 0 Å². The number of nitrogens with zero attached hydrogens (tertiary/aromatic N) is 2. The lowest BCUT2D eigenvalue weighted by molar-refractivity contribution is 0.0955. The van der Waals surface area contributed by atoms with Gasteiger partial charge in [-0.3, -0.25) is 4.79 Å². The lowest BCUT2D eigenvalue weighted by Gasteiger charge is -2.22. The largest absolute Gasteiger partial charge is 0.354 e. The highest BCUT2D eigenvalue weighted by Gasteiger charge is 2.16. The van der Waals surface area contributed by atoms with Gasteiger partial charge in [-0.25, -0.2) is 4.98 Å². The molecule has 5 nitrogen and oxygen atoms in total.